The number of ether oxygens (including phenoxy) is 1. The molecule has 4 aromatic rings. The smallest absolute Gasteiger partial charge is 0.272 e. The summed E-state index contributed by atoms with van der Waals surface area (Å²) in [5, 5.41) is 2.16. The number of amides is 1. The lowest BCUT2D eigenvalue weighted by Crippen LogP contribution is -2.36. The summed E-state index contributed by atoms with van der Waals surface area (Å²) in [5.74, 6) is 0.759. The molecule has 0 saturated heterocycles. The van der Waals surface area contributed by atoms with Crippen LogP contribution in [-0.4, -0.2) is 34.4 Å². The first-order chi connectivity index (χ1) is 13.2. The number of nitrogens with zero attached hydrogens (tertiary/aromatic N) is 2. The minimum Gasteiger partial charge on any atom is -0.497 e. The molecule has 0 atom stereocenters. The molecule has 0 aliphatic carbocycles. The fourth-order valence-corrected chi connectivity index (χ4v) is 3.85. The molecule has 1 amide bonds. The van der Waals surface area contributed by atoms with E-state index >= 15 is 0 Å². The van der Waals surface area contributed by atoms with E-state index in [4.69, 9.17) is 4.74 Å². The van der Waals surface area contributed by atoms with Crippen molar-refractivity contribution in [1.29, 1.82) is 0 Å². The van der Waals surface area contributed by atoms with Crippen LogP contribution in [0, 0.1) is 0 Å². The van der Waals surface area contributed by atoms with Crippen molar-refractivity contribution in [2.75, 3.05) is 13.7 Å². The number of fused-ring (bicyclic) bond motifs is 4. The van der Waals surface area contributed by atoms with E-state index in [0.717, 1.165) is 28.6 Å². The van der Waals surface area contributed by atoms with Crippen LogP contribution in [0.2, 0.25) is 0 Å². The van der Waals surface area contributed by atoms with Crippen LogP contribution in [0.15, 0.2) is 54.6 Å². The summed E-state index contributed by atoms with van der Waals surface area (Å²) in [6.07, 6.45) is 0.834. The third-order valence-electron chi connectivity index (χ3n) is 5.29. The van der Waals surface area contributed by atoms with Gasteiger partial charge in [-0.2, -0.15) is 0 Å². The molecule has 0 unspecified atom stereocenters. The first-order valence-electron chi connectivity index (χ1n) is 9.05. The van der Waals surface area contributed by atoms with Gasteiger partial charge in [-0.25, -0.2) is 4.98 Å². The van der Waals surface area contributed by atoms with Gasteiger partial charge < -0.3 is 14.6 Å². The Morgan fingerprint density at radius 2 is 2.04 bits per heavy atom. The number of aromatic nitrogens is 2. The summed E-state index contributed by atoms with van der Waals surface area (Å²) in [4.78, 5) is 23.0. The van der Waals surface area contributed by atoms with Gasteiger partial charge in [0.15, 0.2) is 0 Å². The van der Waals surface area contributed by atoms with E-state index in [9.17, 15) is 4.79 Å². The lowest BCUT2D eigenvalue weighted by atomic mass is 10.0. The average molecular weight is 357 g/mol. The third-order valence-corrected chi connectivity index (χ3v) is 5.29. The Morgan fingerprint density at radius 3 is 2.93 bits per heavy atom. The summed E-state index contributed by atoms with van der Waals surface area (Å²) >= 11 is 0. The molecule has 0 bridgehead atoms. The summed E-state index contributed by atoms with van der Waals surface area (Å²) in [7, 11) is 1.64. The van der Waals surface area contributed by atoms with Gasteiger partial charge >= 0.3 is 0 Å². The molecule has 0 saturated carbocycles. The SMILES string of the molecule is COc1ccc2nc(C(=O)N3CCc4[nH]c5ccccc5c4C3)ccc2c1. The first kappa shape index (κ1) is 15.9. The number of rotatable bonds is 2. The number of methoxy groups -OCH3 is 1. The predicted octanol–water partition coefficient (Wildman–Crippen LogP) is 3.92. The molecule has 0 radical (unpaired) electrons. The zero-order chi connectivity index (χ0) is 18.4. The highest BCUT2D eigenvalue weighted by Crippen LogP contribution is 2.28. The summed E-state index contributed by atoms with van der Waals surface area (Å²) in [6.45, 7) is 1.31. The van der Waals surface area contributed by atoms with Gasteiger partial charge in [0, 0.05) is 47.1 Å². The van der Waals surface area contributed by atoms with Gasteiger partial charge in [-0.3, -0.25) is 4.79 Å². The lowest BCUT2D eigenvalue weighted by Gasteiger charge is -2.27. The monoisotopic (exact) mass is 357 g/mol. The van der Waals surface area contributed by atoms with Crippen molar-refractivity contribution in [1.82, 2.24) is 14.9 Å². The highest BCUT2D eigenvalue weighted by Gasteiger charge is 2.25. The number of hydrogen-bond acceptors (Lipinski definition) is 3. The van der Waals surface area contributed by atoms with Gasteiger partial charge in [-0.05, 0) is 30.3 Å². The Hall–Kier alpha value is -3.34. The van der Waals surface area contributed by atoms with Crippen LogP contribution in [0.4, 0.5) is 0 Å². The van der Waals surface area contributed by atoms with Crippen molar-refractivity contribution < 1.29 is 9.53 Å². The van der Waals surface area contributed by atoms with E-state index < -0.39 is 0 Å². The number of hydrogen-bond donors (Lipinski definition) is 1. The Labute approximate surface area is 156 Å². The summed E-state index contributed by atoms with van der Waals surface area (Å²) < 4.78 is 5.25. The van der Waals surface area contributed by atoms with E-state index in [0.29, 0.717) is 18.8 Å². The van der Waals surface area contributed by atoms with Crippen LogP contribution in [0.25, 0.3) is 21.8 Å². The van der Waals surface area contributed by atoms with Crippen LogP contribution in [0.3, 0.4) is 0 Å². The Bertz CT molecular complexity index is 1180. The van der Waals surface area contributed by atoms with E-state index in [1.165, 1.54) is 16.6 Å². The molecule has 5 heteroatoms. The van der Waals surface area contributed by atoms with Crippen molar-refractivity contribution in [2.24, 2.45) is 0 Å². The molecule has 1 aliphatic rings. The zero-order valence-corrected chi connectivity index (χ0v) is 15.0. The minimum atomic E-state index is -0.0244. The van der Waals surface area contributed by atoms with Gasteiger partial charge in [0.2, 0.25) is 0 Å². The van der Waals surface area contributed by atoms with Crippen LogP contribution >= 0.6 is 0 Å². The molecule has 5 nitrogen and oxygen atoms in total. The fourth-order valence-electron chi connectivity index (χ4n) is 3.85. The largest absolute Gasteiger partial charge is 0.497 e. The van der Waals surface area contributed by atoms with Gasteiger partial charge in [-0.15, -0.1) is 0 Å². The van der Waals surface area contributed by atoms with Gasteiger partial charge in [0.1, 0.15) is 11.4 Å². The molecular weight excluding hydrogens is 338 g/mol. The molecule has 3 heterocycles. The van der Waals surface area contributed by atoms with Crippen LogP contribution in [0.1, 0.15) is 21.7 Å². The number of aromatic amines is 1. The van der Waals surface area contributed by atoms with Crippen LogP contribution in [-0.2, 0) is 13.0 Å². The van der Waals surface area contributed by atoms with Crippen molar-refractivity contribution in [3.8, 4) is 5.75 Å². The van der Waals surface area contributed by atoms with Crippen molar-refractivity contribution in [3.05, 3.63) is 71.5 Å². The zero-order valence-electron chi connectivity index (χ0n) is 15.0. The number of pyridine rings is 1. The van der Waals surface area contributed by atoms with Gasteiger partial charge in [0.25, 0.3) is 5.91 Å². The maximum absolute atomic E-state index is 13.1. The number of carbonyl (C=O) groups excluding carboxylic acids is 1. The van der Waals surface area contributed by atoms with E-state index in [1.54, 1.807) is 13.2 Å². The second kappa shape index (κ2) is 6.13. The maximum Gasteiger partial charge on any atom is 0.272 e. The number of benzene rings is 2. The topological polar surface area (TPSA) is 58.2 Å². The highest BCUT2D eigenvalue weighted by atomic mass is 16.5. The van der Waals surface area contributed by atoms with Crippen LogP contribution in [0.5, 0.6) is 5.75 Å². The van der Waals surface area contributed by atoms with Crippen molar-refractivity contribution >= 4 is 27.7 Å². The molecule has 1 N–H and O–H groups in total. The molecule has 1 aliphatic heterocycles. The number of nitrogens with one attached hydrogen (secondary N) is 1. The van der Waals surface area contributed by atoms with Crippen molar-refractivity contribution in [3.63, 3.8) is 0 Å². The van der Waals surface area contributed by atoms with E-state index in [-0.39, 0.29) is 5.91 Å². The second-order valence-corrected chi connectivity index (χ2v) is 6.86. The number of para-hydroxylation sites is 1. The molecule has 2 aromatic carbocycles. The molecule has 0 spiro atoms. The predicted molar refractivity (Wildman–Crippen MR) is 105 cm³/mol. The van der Waals surface area contributed by atoms with Gasteiger partial charge in [0.05, 0.1) is 12.6 Å². The summed E-state index contributed by atoms with van der Waals surface area (Å²) in [5.41, 5.74) is 4.87. The second-order valence-electron chi connectivity index (χ2n) is 6.86. The fraction of sp³-hybridized carbons (Fsp3) is 0.182. The molecular formula is C22H19N3O2. The average Bonchev–Trinajstić information content (AvgIpc) is 3.10. The number of carbonyl (C=O) groups is 1. The van der Waals surface area contributed by atoms with Crippen LogP contribution < -0.4 is 4.74 Å². The standard InChI is InChI=1S/C22H19N3O2/c1-27-15-7-9-18-14(12-15)6-8-21(23-18)22(26)25-11-10-20-17(13-25)16-4-2-3-5-19(16)24-20/h2-9,12,24H,10-11,13H2,1H3. The quantitative estimate of drug-likeness (QED) is 0.591. The molecule has 0 fully saturated rings. The van der Waals surface area contributed by atoms with Crippen molar-refractivity contribution in [2.45, 2.75) is 13.0 Å². The highest BCUT2D eigenvalue weighted by molar-refractivity contribution is 5.96. The Balaban J connectivity index is 1.46. The number of H-pyrrole nitrogens is 1. The lowest BCUT2D eigenvalue weighted by molar-refractivity contribution is 0.0729. The first-order valence-corrected chi connectivity index (χ1v) is 9.05. The normalized spacial score (nSPS) is 13.7. The molecule has 134 valence electrons. The van der Waals surface area contributed by atoms with Gasteiger partial charge in [-0.1, -0.05) is 24.3 Å². The Kier molecular flexibility index (Phi) is 3.60. The Morgan fingerprint density at radius 1 is 1.15 bits per heavy atom. The third kappa shape index (κ3) is 2.63. The molecule has 5 rings (SSSR count). The minimum absolute atomic E-state index is 0.0244. The van der Waals surface area contributed by atoms with E-state index in [1.807, 2.05) is 41.3 Å². The van der Waals surface area contributed by atoms with E-state index in [2.05, 4.69) is 22.1 Å². The molecule has 27 heavy (non-hydrogen) atoms. The summed E-state index contributed by atoms with van der Waals surface area (Å²) in [6, 6.07) is 17.7. The maximum atomic E-state index is 13.1. The molecule has 2 aromatic heterocycles.